The van der Waals surface area contributed by atoms with Crippen molar-refractivity contribution in [2.45, 2.75) is 20.0 Å². The molecule has 0 unspecified atom stereocenters. The van der Waals surface area contributed by atoms with Crippen LogP contribution >= 0.6 is 15.9 Å². The van der Waals surface area contributed by atoms with Gasteiger partial charge in [0.1, 0.15) is 6.20 Å². The van der Waals surface area contributed by atoms with Gasteiger partial charge in [-0.25, -0.2) is 0 Å². The molecule has 0 bridgehead atoms. The minimum atomic E-state index is -0.615. The van der Waals surface area contributed by atoms with E-state index >= 15 is 0 Å². The van der Waals surface area contributed by atoms with Crippen molar-refractivity contribution >= 4 is 27.5 Å². The van der Waals surface area contributed by atoms with Gasteiger partial charge in [0, 0.05) is 26.8 Å². The second-order valence-electron chi connectivity index (χ2n) is 4.70. The lowest BCUT2D eigenvalue weighted by atomic mass is 10.3. The predicted octanol–water partition coefficient (Wildman–Crippen LogP) is 1.58. The van der Waals surface area contributed by atoms with Gasteiger partial charge in [0.05, 0.1) is 21.6 Å². The fourth-order valence-corrected chi connectivity index (χ4v) is 2.43. The lowest BCUT2D eigenvalue weighted by molar-refractivity contribution is -0.385. The topological polar surface area (TPSA) is 99.1 Å². The normalized spacial score (nSPS) is 10.7. The van der Waals surface area contributed by atoms with Gasteiger partial charge in [-0.05, 0) is 22.9 Å². The molecule has 118 valence electrons. The minimum absolute atomic E-state index is 0.0569. The van der Waals surface area contributed by atoms with Crippen molar-refractivity contribution in [2.75, 3.05) is 7.05 Å². The highest BCUT2D eigenvalue weighted by Gasteiger charge is 2.28. The molecule has 0 radical (unpaired) electrons. The highest BCUT2D eigenvalue weighted by molar-refractivity contribution is 9.10. The van der Waals surface area contributed by atoms with E-state index in [4.69, 9.17) is 0 Å². The van der Waals surface area contributed by atoms with Crippen LogP contribution in [0, 0.1) is 10.1 Å². The number of aromatic nitrogens is 4. The van der Waals surface area contributed by atoms with Gasteiger partial charge in [-0.15, -0.1) is 0 Å². The SMILES string of the molecule is CCn1cc(Br)c(CN(C)C(=O)c2c([N+](=O)[O-])cnn2C)n1. The van der Waals surface area contributed by atoms with E-state index in [2.05, 4.69) is 26.1 Å². The zero-order chi connectivity index (χ0) is 16.4. The molecule has 10 heteroatoms. The molecule has 0 saturated carbocycles. The molecule has 0 aromatic carbocycles. The van der Waals surface area contributed by atoms with Gasteiger partial charge in [0.2, 0.25) is 5.69 Å². The number of nitrogens with zero attached hydrogens (tertiary/aromatic N) is 6. The fourth-order valence-electron chi connectivity index (χ4n) is 1.99. The summed E-state index contributed by atoms with van der Waals surface area (Å²) >= 11 is 3.39. The van der Waals surface area contributed by atoms with Crippen LogP contribution in [0.5, 0.6) is 0 Å². The molecule has 0 aliphatic heterocycles. The summed E-state index contributed by atoms with van der Waals surface area (Å²) < 4.78 is 3.73. The Morgan fingerprint density at radius 3 is 2.77 bits per heavy atom. The van der Waals surface area contributed by atoms with Crippen LogP contribution in [0.25, 0.3) is 0 Å². The van der Waals surface area contributed by atoms with E-state index in [1.807, 2.05) is 13.1 Å². The largest absolute Gasteiger partial charge is 0.334 e. The van der Waals surface area contributed by atoms with Gasteiger partial charge in [-0.1, -0.05) is 0 Å². The monoisotopic (exact) mass is 370 g/mol. The summed E-state index contributed by atoms with van der Waals surface area (Å²) in [7, 11) is 3.06. The Labute approximate surface area is 134 Å². The van der Waals surface area contributed by atoms with Crippen molar-refractivity contribution in [1.82, 2.24) is 24.5 Å². The van der Waals surface area contributed by atoms with Crippen LogP contribution in [-0.2, 0) is 20.1 Å². The number of halogens is 1. The molecule has 0 aliphatic carbocycles. The number of hydrogen-bond donors (Lipinski definition) is 0. The molecule has 2 rings (SSSR count). The predicted molar refractivity (Wildman–Crippen MR) is 81.3 cm³/mol. The molecule has 1 amide bonds. The van der Waals surface area contributed by atoms with Crippen molar-refractivity contribution < 1.29 is 9.72 Å². The van der Waals surface area contributed by atoms with Crippen LogP contribution in [0.15, 0.2) is 16.9 Å². The number of rotatable bonds is 5. The molecular formula is C12H15BrN6O3. The zero-order valence-electron chi connectivity index (χ0n) is 12.4. The third-order valence-corrected chi connectivity index (χ3v) is 3.83. The van der Waals surface area contributed by atoms with E-state index in [1.165, 1.54) is 16.6 Å². The van der Waals surface area contributed by atoms with Gasteiger partial charge < -0.3 is 4.90 Å². The molecule has 22 heavy (non-hydrogen) atoms. The maximum Gasteiger partial charge on any atom is 0.320 e. The minimum Gasteiger partial charge on any atom is -0.334 e. The average Bonchev–Trinajstić information content (AvgIpc) is 3.01. The Morgan fingerprint density at radius 2 is 2.23 bits per heavy atom. The lowest BCUT2D eigenvalue weighted by Crippen LogP contribution is -2.29. The van der Waals surface area contributed by atoms with Crippen LogP contribution in [0.3, 0.4) is 0 Å². The van der Waals surface area contributed by atoms with Crippen molar-refractivity contribution in [3.8, 4) is 0 Å². The first-order valence-electron chi connectivity index (χ1n) is 6.48. The zero-order valence-corrected chi connectivity index (χ0v) is 13.9. The number of carbonyl (C=O) groups excluding carboxylic acids is 1. The van der Waals surface area contributed by atoms with E-state index < -0.39 is 10.8 Å². The average molecular weight is 371 g/mol. The van der Waals surface area contributed by atoms with Crippen molar-refractivity contribution in [1.29, 1.82) is 0 Å². The summed E-state index contributed by atoms with van der Waals surface area (Å²) in [4.78, 5) is 24.2. The molecule has 0 fully saturated rings. The Kier molecular flexibility index (Phi) is 4.59. The standard InChI is InChI=1S/C12H15BrN6O3/c1-4-18-6-8(13)9(15-18)7-16(2)12(20)11-10(19(21)22)5-14-17(11)3/h5-6H,4,7H2,1-3H3. The first-order valence-corrected chi connectivity index (χ1v) is 7.28. The van der Waals surface area contributed by atoms with E-state index in [9.17, 15) is 14.9 Å². The molecule has 2 aromatic heterocycles. The van der Waals surface area contributed by atoms with Crippen molar-refractivity contribution in [2.24, 2.45) is 7.05 Å². The Hall–Kier alpha value is -2.23. The fraction of sp³-hybridized carbons (Fsp3) is 0.417. The maximum atomic E-state index is 12.5. The molecule has 0 saturated heterocycles. The second-order valence-corrected chi connectivity index (χ2v) is 5.55. The first kappa shape index (κ1) is 16.1. The number of aryl methyl sites for hydroxylation is 2. The molecule has 2 heterocycles. The highest BCUT2D eigenvalue weighted by atomic mass is 79.9. The van der Waals surface area contributed by atoms with Gasteiger partial charge in [-0.3, -0.25) is 24.3 Å². The van der Waals surface area contributed by atoms with Crippen LogP contribution in [0.2, 0.25) is 0 Å². The highest BCUT2D eigenvalue weighted by Crippen LogP contribution is 2.21. The quantitative estimate of drug-likeness (QED) is 0.587. The summed E-state index contributed by atoms with van der Waals surface area (Å²) in [6.45, 7) is 2.90. The Bertz CT molecular complexity index is 723. The number of hydrogen-bond acceptors (Lipinski definition) is 5. The van der Waals surface area contributed by atoms with Crippen LogP contribution < -0.4 is 0 Å². The van der Waals surface area contributed by atoms with Crippen LogP contribution in [0.1, 0.15) is 23.1 Å². The summed E-state index contributed by atoms with van der Waals surface area (Å²) in [5.74, 6) is -0.482. The number of carbonyl (C=O) groups is 1. The van der Waals surface area contributed by atoms with E-state index in [1.54, 1.807) is 11.7 Å². The second kappa shape index (κ2) is 6.26. The van der Waals surface area contributed by atoms with Gasteiger partial charge >= 0.3 is 5.69 Å². The van der Waals surface area contributed by atoms with Gasteiger partial charge in [0.25, 0.3) is 5.91 Å². The molecule has 0 spiro atoms. The maximum absolute atomic E-state index is 12.5. The van der Waals surface area contributed by atoms with Gasteiger partial charge in [0.15, 0.2) is 0 Å². The summed E-state index contributed by atoms with van der Waals surface area (Å²) in [6.07, 6.45) is 2.89. The molecule has 9 nitrogen and oxygen atoms in total. The molecule has 0 atom stereocenters. The summed E-state index contributed by atoms with van der Waals surface area (Å²) in [5.41, 5.74) is 0.318. The van der Waals surface area contributed by atoms with E-state index in [0.29, 0.717) is 12.2 Å². The first-order chi connectivity index (χ1) is 10.3. The molecule has 0 N–H and O–H groups in total. The third kappa shape index (κ3) is 3.01. The smallest absolute Gasteiger partial charge is 0.320 e. The number of amides is 1. The van der Waals surface area contributed by atoms with E-state index in [-0.39, 0.29) is 17.9 Å². The number of nitro groups is 1. The Morgan fingerprint density at radius 1 is 1.55 bits per heavy atom. The molecule has 2 aromatic rings. The van der Waals surface area contributed by atoms with Crippen LogP contribution in [-0.4, -0.2) is 42.3 Å². The van der Waals surface area contributed by atoms with Crippen molar-refractivity contribution in [3.63, 3.8) is 0 Å². The van der Waals surface area contributed by atoms with Crippen molar-refractivity contribution in [3.05, 3.63) is 38.4 Å². The Balaban J connectivity index is 2.24. The lowest BCUT2D eigenvalue weighted by Gasteiger charge is -2.15. The summed E-state index contributed by atoms with van der Waals surface area (Å²) in [5, 5.41) is 19.1. The van der Waals surface area contributed by atoms with Gasteiger partial charge in [-0.2, -0.15) is 10.2 Å². The molecular weight excluding hydrogens is 356 g/mol. The third-order valence-electron chi connectivity index (χ3n) is 3.16. The summed E-state index contributed by atoms with van der Waals surface area (Å²) in [6, 6.07) is 0. The van der Waals surface area contributed by atoms with E-state index in [0.717, 1.165) is 10.7 Å². The van der Waals surface area contributed by atoms with Crippen LogP contribution in [0.4, 0.5) is 5.69 Å². The molecule has 0 aliphatic rings.